The first kappa shape index (κ1) is 39.9. The van der Waals surface area contributed by atoms with Gasteiger partial charge in [0.2, 0.25) is 0 Å². The summed E-state index contributed by atoms with van der Waals surface area (Å²) in [5.74, 6) is 3.15. The predicted molar refractivity (Wildman–Crippen MR) is 284 cm³/mol. The molecule has 0 aliphatic heterocycles. The normalized spacial score (nSPS) is 21.9. The van der Waals surface area contributed by atoms with E-state index in [1.165, 1.54) is 127 Å². The Bertz CT molecular complexity index is 3420. The second kappa shape index (κ2) is 15.1. The number of hydrogen-bond acceptors (Lipinski definition) is 1. The van der Waals surface area contributed by atoms with Crippen LogP contribution in [0.1, 0.15) is 68.2 Å². The SMILES string of the molecule is CC1(C)c2ccccc2-c2cccc(-c3cccc(N(c4ccc5c(c4)C4(c6ccccc6-5)C5CC6CC(C5)CC4C6)c4ccccc4-c4ccc(-c5ccccc5)c(-c5ccccc5)c4)c3)c21. The van der Waals surface area contributed by atoms with Gasteiger partial charge in [-0.25, -0.2) is 0 Å². The second-order valence-electron chi connectivity index (χ2n) is 21.2. The molecule has 0 amide bonds. The Morgan fingerprint density at radius 2 is 0.853 bits per heavy atom. The molecule has 1 heteroatoms. The zero-order valence-corrected chi connectivity index (χ0v) is 39.0. The molecule has 0 radical (unpaired) electrons. The minimum absolute atomic E-state index is 0.0609. The third-order valence-corrected chi connectivity index (χ3v) is 17.4. The van der Waals surface area contributed by atoms with Crippen LogP contribution in [-0.4, -0.2) is 0 Å². The third-order valence-electron chi connectivity index (χ3n) is 17.4. The lowest BCUT2D eigenvalue weighted by Gasteiger charge is -2.61. The molecule has 9 aromatic carbocycles. The van der Waals surface area contributed by atoms with E-state index in [1.54, 1.807) is 11.1 Å². The monoisotopic (exact) mass is 873 g/mol. The number of hydrogen-bond donors (Lipinski definition) is 0. The molecule has 6 aliphatic rings. The maximum atomic E-state index is 2.66. The summed E-state index contributed by atoms with van der Waals surface area (Å²) in [6.07, 6.45) is 6.91. The van der Waals surface area contributed by atoms with Gasteiger partial charge in [-0.05, 0) is 176 Å². The maximum Gasteiger partial charge on any atom is 0.0540 e. The van der Waals surface area contributed by atoms with Crippen LogP contribution in [0.15, 0.2) is 212 Å². The number of fused-ring (bicyclic) bond motifs is 6. The second-order valence-corrected chi connectivity index (χ2v) is 21.2. The predicted octanol–water partition coefficient (Wildman–Crippen LogP) is 17.9. The third kappa shape index (κ3) is 5.81. The minimum Gasteiger partial charge on any atom is -0.310 e. The van der Waals surface area contributed by atoms with Gasteiger partial charge < -0.3 is 4.90 Å². The van der Waals surface area contributed by atoms with Crippen LogP contribution in [0.4, 0.5) is 17.1 Å². The largest absolute Gasteiger partial charge is 0.310 e. The van der Waals surface area contributed by atoms with Crippen molar-refractivity contribution in [1.82, 2.24) is 0 Å². The van der Waals surface area contributed by atoms with Crippen molar-refractivity contribution < 1.29 is 0 Å². The van der Waals surface area contributed by atoms with Crippen LogP contribution in [0.25, 0.3) is 66.8 Å². The molecule has 4 saturated carbocycles. The zero-order valence-electron chi connectivity index (χ0n) is 39.0. The van der Waals surface area contributed by atoms with Crippen molar-refractivity contribution >= 4 is 17.1 Å². The molecule has 4 fully saturated rings. The standard InChI is InChI=1S/C67H55N/c1-66(2)61-28-12-9-25-57(61)59-27-16-26-55(65(59)66)47-21-15-22-51(40-47)68(52-32-34-58-56-24-10-13-29-62(56)67(63(58)42-52)49-36-43-35-44(38-49)39-50(67)37-43)64-30-14-11-23-54(64)48-31-33-53(45-17-5-3-6-18-45)60(41-48)46-19-7-4-8-20-46/h3-34,40-44,49-50H,35-39H2,1-2H3. The molecule has 0 saturated heterocycles. The Kier molecular flexibility index (Phi) is 8.89. The molecule has 15 rings (SSSR count). The van der Waals surface area contributed by atoms with E-state index >= 15 is 0 Å². The highest BCUT2D eigenvalue weighted by atomic mass is 15.1. The van der Waals surface area contributed by atoms with Crippen LogP contribution in [0.3, 0.4) is 0 Å². The van der Waals surface area contributed by atoms with E-state index in [0.29, 0.717) is 11.8 Å². The Labute approximate surface area is 401 Å². The van der Waals surface area contributed by atoms with Crippen molar-refractivity contribution in [2.45, 2.75) is 56.8 Å². The quantitative estimate of drug-likeness (QED) is 0.154. The van der Waals surface area contributed by atoms with E-state index in [9.17, 15) is 0 Å². The Balaban J connectivity index is 0.985. The smallest absolute Gasteiger partial charge is 0.0540 e. The van der Waals surface area contributed by atoms with Crippen molar-refractivity contribution in [2.24, 2.45) is 23.7 Å². The fourth-order valence-corrected chi connectivity index (χ4v) is 15.0. The van der Waals surface area contributed by atoms with Crippen molar-refractivity contribution in [2.75, 3.05) is 4.90 Å². The summed E-state index contributed by atoms with van der Waals surface area (Å²) in [6, 6.07) is 80.6. The van der Waals surface area contributed by atoms with Gasteiger partial charge in [0.05, 0.1) is 5.69 Å². The Morgan fingerprint density at radius 1 is 0.338 bits per heavy atom. The summed E-state index contributed by atoms with van der Waals surface area (Å²) in [7, 11) is 0. The molecule has 68 heavy (non-hydrogen) atoms. The molecule has 1 nitrogen and oxygen atoms in total. The van der Waals surface area contributed by atoms with E-state index in [2.05, 4.69) is 231 Å². The van der Waals surface area contributed by atoms with Gasteiger partial charge in [0.1, 0.15) is 0 Å². The molecule has 0 N–H and O–H groups in total. The molecule has 1 spiro atoms. The zero-order chi connectivity index (χ0) is 45.1. The molecule has 328 valence electrons. The van der Waals surface area contributed by atoms with Crippen molar-refractivity contribution in [3.05, 3.63) is 235 Å². The first-order valence-electron chi connectivity index (χ1n) is 25.2. The van der Waals surface area contributed by atoms with Crippen LogP contribution in [0.2, 0.25) is 0 Å². The maximum absolute atomic E-state index is 2.66. The number of para-hydroxylation sites is 1. The van der Waals surface area contributed by atoms with Crippen LogP contribution < -0.4 is 4.90 Å². The lowest BCUT2D eigenvalue weighted by atomic mass is 9.43. The van der Waals surface area contributed by atoms with E-state index in [-0.39, 0.29) is 10.8 Å². The minimum atomic E-state index is -0.130. The van der Waals surface area contributed by atoms with E-state index < -0.39 is 0 Å². The van der Waals surface area contributed by atoms with Crippen LogP contribution in [0.5, 0.6) is 0 Å². The summed E-state index contributed by atoms with van der Waals surface area (Å²) < 4.78 is 0. The Hall–Kier alpha value is -7.22. The summed E-state index contributed by atoms with van der Waals surface area (Å²) >= 11 is 0. The fraction of sp³-hybridized carbons (Fsp3) is 0.194. The van der Waals surface area contributed by atoms with Crippen molar-refractivity contribution in [3.63, 3.8) is 0 Å². The highest BCUT2D eigenvalue weighted by Gasteiger charge is 2.61. The van der Waals surface area contributed by atoms with E-state index in [1.807, 2.05) is 0 Å². The van der Waals surface area contributed by atoms with Gasteiger partial charge in [0.25, 0.3) is 0 Å². The topological polar surface area (TPSA) is 3.24 Å². The van der Waals surface area contributed by atoms with Gasteiger partial charge in [-0.1, -0.05) is 190 Å². The molecule has 0 unspecified atom stereocenters. The van der Waals surface area contributed by atoms with Crippen LogP contribution >= 0.6 is 0 Å². The lowest BCUT2D eigenvalue weighted by Crippen LogP contribution is -2.55. The molecule has 9 aromatic rings. The van der Waals surface area contributed by atoms with Crippen LogP contribution in [0, 0.1) is 23.7 Å². The van der Waals surface area contributed by atoms with Gasteiger partial charge in [-0.2, -0.15) is 0 Å². The molecule has 4 bridgehead atoms. The average Bonchev–Trinajstić information content (AvgIpc) is 3.81. The highest BCUT2D eigenvalue weighted by Crippen LogP contribution is 2.70. The number of benzene rings is 9. The average molecular weight is 874 g/mol. The van der Waals surface area contributed by atoms with Gasteiger partial charge in [-0.3, -0.25) is 0 Å². The van der Waals surface area contributed by atoms with Crippen LogP contribution in [-0.2, 0) is 10.8 Å². The van der Waals surface area contributed by atoms with Gasteiger partial charge in [0, 0.05) is 27.8 Å². The molecule has 0 aromatic heterocycles. The summed E-state index contributed by atoms with van der Waals surface area (Å²) in [5.41, 5.74) is 25.0. The molecule has 0 heterocycles. The van der Waals surface area contributed by atoms with E-state index in [0.717, 1.165) is 11.8 Å². The molecule has 0 atom stereocenters. The van der Waals surface area contributed by atoms with Gasteiger partial charge >= 0.3 is 0 Å². The molecular weight excluding hydrogens is 819 g/mol. The van der Waals surface area contributed by atoms with E-state index in [4.69, 9.17) is 0 Å². The molecular formula is C67H55N. The van der Waals surface area contributed by atoms with Gasteiger partial charge in [-0.15, -0.1) is 0 Å². The van der Waals surface area contributed by atoms with Gasteiger partial charge in [0.15, 0.2) is 0 Å². The highest BCUT2D eigenvalue weighted by molar-refractivity contribution is 5.95. The number of nitrogens with zero attached hydrogens (tertiary/aromatic N) is 1. The number of rotatable bonds is 7. The summed E-state index contributed by atoms with van der Waals surface area (Å²) in [4.78, 5) is 2.60. The number of anilines is 3. The lowest BCUT2D eigenvalue weighted by molar-refractivity contribution is -0.0399. The summed E-state index contributed by atoms with van der Waals surface area (Å²) in [5, 5.41) is 0. The molecule has 6 aliphatic carbocycles. The first-order valence-corrected chi connectivity index (χ1v) is 25.2. The summed E-state index contributed by atoms with van der Waals surface area (Å²) in [6.45, 7) is 4.81. The fourth-order valence-electron chi connectivity index (χ4n) is 15.0. The van der Waals surface area contributed by atoms with Crippen molar-refractivity contribution in [1.29, 1.82) is 0 Å². The Morgan fingerprint density at radius 3 is 1.59 bits per heavy atom. The van der Waals surface area contributed by atoms with Crippen molar-refractivity contribution in [3.8, 4) is 66.8 Å². The first-order chi connectivity index (χ1) is 33.4.